The molecule has 1 aliphatic heterocycles. The van der Waals surface area contributed by atoms with Gasteiger partial charge in [-0.1, -0.05) is 30.3 Å². The molecule has 1 aromatic heterocycles. The van der Waals surface area contributed by atoms with Gasteiger partial charge in [0.05, 0.1) is 30.0 Å². The maximum atomic E-state index is 12.8. The topological polar surface area (TPSA) is 82.9 Å². The highest BCUT2D eigenvalue weighted by atomic mass is 16.3. The third-order valence-electron chi connectivity index (χ3n) is 5.39. The van der Waals surface area contributed by atoms with Crippen molar-refractivity contribution < 1.29 is 18.8 Å². The Morgan fingerprint density at radius 1 is 1.00 bits per heavy atom. The van der Waals surface area contributed by atoms with Gasteiger partial charge >= 0.3 is 0 Å². The number of likely N-dealkylation sites (N-methyl/N-ethyl adjacent to an activating group) is 1. The van der Waals surface area contributed by atoms with Gasteiger partial charge in [-0.05, 0) is 50.0 Å². The quantitative estimate of drug-likeness (QED) is 0.598. The highest BCUT2D eigenvalue weighted by Crippen LogP contribution is 2.26. The Kier molecular flexibility index (Phi) is 5.68. The molecular formula is C24H23N3O4. The minimum Gasteiger partial charge on any atom is -0.467 e. The lowest BCUT2D eigenvalue weighted by molar-refractivity contribution is 0.0631. The Morgan fingerprint density at radius 2 is 1.74 bits per heavy atom. The van der Waals surface area contributed by atoms with Gasteiger partial charge in [0.2, 0.25) is 0 Å². The highest BCUT2D eigenvalue weighted by molar-refractivity contribution is 6.22. The van der Waals surface area contributed by atoms with Crippen molar-refractivity contribution in [2.75, 3.05) is 20.6 Å². The van der Waals surface area contributed by atoms with Crippen LogP contribution in [0.2, 0.25) is 0 Å². The number of benzene rings is 2. The lowest BCUT2D eigenvalue weighted by atomic mass is 10.0. The van der Waals surface area contributed by atoms with Crippen molar-refractivity contribution in [3.05, 3.63) is 94.9 Å². The Morgan fingerprint density at radius 3 is 2.42 bits per heavy atom. The van der Waals surface area contributed by atoms with Crippen molar-refractivity contribution in [3.8, 4) is 0 Å². The summed E-state index contributed by atoms with van der Waals surface area (Å²) in [7, 11) is 3.91. The van der Waals surface area contributed by atoms with Crippen LogP contribution in [0.15, 0.2) is 71.3 Å². The summed E-state index contributed by atoms with van der Waals surface area (Å²) < 4.78 is 5.25. The molecule has 1 unspecified atom stereocenters. The van der Waals surface area contributed by atoms with Crippen LogP contribution >= 0.6 is 0 Å². The summed E-state index contributed by atoms with van der Waals surface area (Å²) in [4.78, 5) is 41.3. The first kappa shape index (κ1) is 20.6. The molecule has 0 saturated carbocycles. The average molecular weight is 417 g/mol. The van der Waals surface area contributed by atoms with Gasteiger partial charge in [0.25, 0.3) is 17.7 Å². The van der Waals surface area contributed by atoms with Gasteiger partial charge in [-0.2, -0.15) is 0 Å². The summed E-state index contributed by atoms with van der Waals surface area (Å²) in [6, 6.07) is 17.9. The molecule has 3 aromatic rings. The summed E-state index contributed by atoms with van der Waals surface area (Å²) in [5.41, 5.74) is 1.96. The molecule has 4 rings (SSSR count). The molecule has 7 heteroatoms. The van der Waals surface area contributed by atoms with Crippen molar-refractivity contribution in [1.82, 2.24) is 15.1 Å². The second kappa shape index (κ2) is 8.57. The monoisotopic (exact) mass is 417 g/mol. The van der Waals surface area contributed by atoms with Gasteiger partial charge in [-0.15, -0.1) is 0 Å². The van der Waals surface area contributed by atoms with E-state index in [0.717, 1.165) is 10.5 Å². The zero-order valence-electron chi connectivity index (χ0n) is 17.4. The van der Waals surface area contributed by atoms with Gasteiger partial charge in [-0.25, -0.2) is 0 Å². The third kappa shape index (κ3) is 4.13. The molecule has 0 radical (unpaired) electrons. The van der Waals surface area contributed by atoms with Gasteiger partial charge in [0, 0.05) is 12.1 Å². The molecule has 2 aromatic carbocycles. The molecule has 0 spiro atoms. The van der Waals surface area contributed by atoms with Crippen LogP contribution in [0.5, 0.6) is 0 Å². The summed E-state index contributed by atoms with van der Waals surface area (Å²) in [5, 5.41) is 2.94. The number of rotatable bonds is 7. The molecule has 31 heavy (non-hydrogen) atoms. The minimum absolute atomic E-state index is 0.00609. The van der Waals surface area contributed by atoms with E-state index in [9.17, 15) is 14.4 Å². The molecule has 0 saturated heterocycles. The number of fused-ring (bicyclic) bond motifs is 1. The van der Waals surface area contributed by atoms with Crippen molar-refractivity contribution in [2.24, 2.45) is 0 Å². The largest absolute Gasteiger partial charge is 0.467 e. The summed E-state index contributed by atoms with van der Waals surface area (Å²) >= 11 is 0. The molecule has 0 bridgehead atoms. The first-order valence-corrected chi connectivity index (χ1v) is 9.98. The van der Waals surface area contributed by atoms with Crippen LogP contribution in [-0.2, 0) is 6.54 Å². The zero-order chi connectivity index (χ0) is 22.0. The number of amides is 3. The smallest absolute Gasteiger partial charge is 0.261 e. The van der Waals surface area contributed by atoms with Crippen molar-refractivity contribution >= 4 is 17.7 Å². The van der Waals surface area contributed by atoms with E-state index in [1.54, 1.807) is 18.2 Å². The normalized spacial score (nSPS) is 14.1. The molecule has 0 aliphatic carbocycles. The fourth-order valence-electron chi connectivity index (χ4n) is 3.70. The standard InChI is InChI=1S/C24H23N3O4/c1-26(2)21(16-7-4-3-5-8-16)14-25-22(28)17-10-11-19-20(13-17)24(30)27(23(19)29)15-18-9-6-12-31-18/h3-13,21H,14-15H2,1-2H3,(H,25,28). The predicted octanol–water partition coefficient (Wildman–Crippen LogP) is 3.11. The molecule has 2 heterocycles. The number of hydrogen-bond acceptors (Lipinski definition) is 5. The van der Waals surface area contributed by atoms with E-state index < -0.39 is 5.91 Å². The highest BCUT2D eigenvalue weighted by Gasteiger charge is 2.36. The number of nitrogens with zero attached hydrogens (tertiary/aromatic N) is 2. The number of imide groups is 1. The van der Waals surface area contributed by atoms with Crippen LogP contribution in [0.25, 0.3) is 0 Å². The van der Waals surface area contributed by atoms with E-state index in [0.29, 0.717) is 23.4 Å². The lowest BCUT2D eigenvalue weighted by Gasteiger charge is -2.25. The van der Waals surface area contributed by atoms with E-state index in [-0.39, 0.29) is 30.0 Å². The first-order chi connectivity index (χ1) is 15.0. The van der Waals surface area contributed by atoms with E-state index in [1.165, 1.54) is 18.4 Å². The van der Waals surface area contributed by atoms with Crippen LogP contribution in [-0.4, -0.2) is 48.2 Å². The Labute approximate surface area is 180 Å². The molecule has 7 nitrogen and oxygen atoms in total. The number of furan rings is 1. The molecule has 1 atom stereocenters. The lowest BCUT2D eigenvalue weighted by Crippen LogP contribution is -2.34. The third-order valence-corrected chi connectivity index (χ3v) is 5.39. The summed E-state index contributed by atoms with van der Waals surface area (Å²) in [6.45, 7) is 0.465. The van der Waals surface area contributed by atoms with Crippen LogP contribution in [0.3, 0.4) is 0 Å². The van der Waals surface area contributed by atoms with Gasteiger partial charge in [0.1, 0.15) is 5.76 Å². The van der Waals surface area contributed by atoms with E-state index >= 15 is 0 Å². The van der Waals surface area contributed by atoms with Gasteiger partial charge in [0.15, 0.2) is 0 Å². The van der Waals surface area contributed by atoms with Crippen molar-refractivity contribution in [1.29, 1.82) is 0 Å². The predicted molar refractivity (Wildman–Crippen MR) is 115 cm³/mol. The van der Waals surface area contributed by atoms with Crippen molar-refractivity contribution in [3.63, 3.8) is 0 Å². The van der Waals surface area contributed by atoms with Crippen LogP contribution < -0.4 is 5.32 Å². The number of carbonyl (C=O) groups is 3. The fourth-order valence-corrected chi connectivity index (χ4v) is 3.70. The Hall–Kier alpha value is -3.71. The maximum Gasteiger partial charge on any atom is 0.261 e. The summed E-state index contributed by atoms with van der Waals surface area (Å²) in [6.07, 6.45) is 1.49. The molecule has 158 valence electrons. The molecule has 0 fully saturated rings. The molecule has 1 N–H and O–H groups in total. The SMILES string of the molecule is CN(C)C(CNC(=O)c1ccc2c(c1)C(=O)N(Cc1ccco1)C2=O)c1ccccc1. The number of nitrogens with one attached hydrogen (secondary N) is 1. The first-order valence-electron chi connectivity index (χ1n) is 9.98. The molecule has 3 amide bonds. The maximum absolute atomic E-state index is 12.8. The second-order valence-electron chi connectivity index (χ2n) is 7.64. The molecular weight excluding hydrogens is 394 g/mol. The Bertz CT molecular complexity index is 1110. The second-order valence-corrected chi connectivity index (χ2v) is 7.64. The van der Waals surface area contributed by atoms with Gasteiger partial charge < -0.3 is 14.6 Å². The van der Waals surface area contributed by atoms with Crippen LogP contribution in [0.4, 0.5) is 0 Å². The van der Waals surface area contributed by atoms with Crippen LogP contribution in [0.1, 0.15) is 48.4 Å². The molecule has 1 aliphatic rings. The Balaban J connectivity index is 1.48. The number of hydrogen-bond donors (Lipinski definition) is 1. The average Bonchev–Trinajstić information content (AvgIpc) is 3.37. The van der Waals surface area contributed by atoms with Crippen LogP contribution in [0, 0.1) is 0 Å². The fraction of sp³-hybridized carbons (Fsp3) is 0.208. The zero-order valence-corrected chi connectivity index (χ0v) is 17.4. The van der Waals surface area contributed by atoms with Gasteiger partial charge in [-0.3, -0.25) is 19.3 Å². The number of carbonyl (C=O) groups excluding carboxylic acids is 3. The van der Waals surface area contributed by atoms with E-state index in [4.69, 9.17) is 4.42 Å². The van der Waals surface area contributed by atoms with E-state index in [1.807, 2.05) is 49.3 Å². The van der Waals surface area contributed by atoms with Crippen molar-refractivity contribution in [2.45, 2.75) is 12.6 Å². The summed E-state index contributed by atoms with van der Waals surface area (Å²) in [5.74, 6) is -0.597. The van der Waals surface area contributed by atoms with E-state index in [2.05, 4.69) is 5.32 Å². The minimum atomic E-state index is -0.429.